The number of nitrogens with one attached hydrogen (secondary N) is 1. The highest BCUT2D eigenvalue weighted by Crippen LogP contribution is 2.30. The van der Waals surface area contributed by atoms with E-state index >= 15 is 0 Å². The van der Waals surface area contributed by atoms with Gasteiger partial charge in [-0.2, -0.15) is 0 Å². The molecule has 0 unspecified atom stereocenters. The van der Waals surface area contributed by atoms with Gasteiger partial charge in [-0.25, -0.2) is 0 Å². The first-order valence-corrected chi connectivity index (χ1v) is 7.81. The van der Waals surface area contributed by atoms with Crippen molar-refractivity contribution in [2.45, 2.75) is 32.7 Å². The summed E-state index contributed by atoms with van der Waals surface area (Å²) >= 11 is 6.24. The maximum Gasteiger partial charge on any atom is 0.133 e. The standard InChI is InChI=1S/C18H22ClNO/c1-3-4-6-14-9-11-15(12-10-14)21-18-8-5-7-17(19)16(18)13-20-2/h5,7-12,20H,3-4,6,13H2,1-2H3. The molecule has 2 aromatic carbocycles. The van der Waals surface area contributed by atoms with Gasteiger partial charge >= 0.3 is 0 Å². The third-order valence-corrected chi connectivity index (χ3v) is 3.75. The minimum Gasteiger partial charge on any atom is -0.457 e. The molecule has 0 amide bonds. The van der Waals surface area contributed by atoms with Crippen LogP contribution in [0.4, 0.5) is 0 Å². The molecule has 0 spiro atoms. The van der Waals surface area contributed by atoms with Crippen molar-refractivity contribution in [2.75, 3.05) is 7.05 Å². The van der Waals surface area contributed by atoms with Crippen molar-refractivity contribution in [1.29, 1.82) is 0 Å². The van der Waals surface area contributed by atoms with Crippen LogP contribution in [0.15, 0.2) is 42.5 Å². The first-order chi connectivity index (χ1) is 10.2. The Morgan fingerprint density at radius 3 is 2.52 bits per heavy atom. The molecule has 112 valence electrons. The summed E-state index contributed by atoms with van der Waals surface area (Å²) in [6.45, 7) is 2.89. The fraction of sp³-hybridized carbons (Fsp3) is 0.333. The van der Waals surface area contributed by atoms with Crippen molar-refractivity contribution in [1.82, 2.24) is 5.32 Å². The number of hydrogen-bond acceptors (Lipinski definition) is 2. The number of halogens is 1. The molecule has 2 aromatic rings. The summed E-state index contributed by atoms with van der Waals surface area (Å²) in [4.78, 5) is 0. The number of hydrogen-bond donors (Lipinski definition) is 1. The predicted molar refractivity (Wildman–Crippen MR) is 89.3 cm³/mol. The lowest BCUT2D eigenvalue weighted by atomic mass is 10.1. The number of aryl methyl sites for hydroxylation is 1. The van der Waals surface area contributed by atoms with Gasteiger partial charge < -0.3 is 10.1 Å². The Hall–Kier alpha value is -1.51. The van der Waals surface area contributed by atoms with E-state index in [4.69, 9.17) is 16.3 Å². The van der Waals surface area contributed by atoms with E-state index in [-0.39, 0.29) is 0 Å². The van der Waals surface area contributed by atoms with E-state index in [9.17, 15) is 0 Å². The average Bonchev–Trinajstić information content (AvgIpc) is 2.50. The molecule has 0 saturated heterocycles. The summed E-state index contributed by atoms with van der Waals surface area (Å²) in [7, 11) is 1.90. The largest absolute Gasteiger partial charge is 0.457 e. The van der Waals surface area contributed by atoms with Crippen LogP contribution in [0.1, 0.15) is 30.9 Å². The molecule has 0 saturated carbocycles. The highest BCUT2D eigenvalue weighted by atomic mass is 35.5. The summed E-state index contributed by atoms with van der Waals surface area (Å²) in [5.41, 5.74) is 2.34. The molecule has 3 heteroatoms. The van der Waals surface area contributed by atoms with Gasteiger partial charge in [0, 0.05) is 17.1 Å². The molecule has 0 aliphatic rings. The molecule has 0 fully saturated rings. The van der Waals surface area contributed by atoms with Crippen LogP contribution >= 0.6 is 11.6 Å². The van der Waals surface area contributed by atoms with Gasteiger partial charge in [0.1, 0.15) is 11.5 Å². The second kappa shape index (κ2) is 8.06. The first kappa shape index (κ1) is 15.9. The molecular weight excluding hydrogens is 282 g/mol. The molecule has 0 heterocycles. The van der Waals surface area contributed by atoms with Crippen molar-refractivity contribution in [3.63, 3.8) is 0 Å². The molecule has 0 aliphatic carbocycles. The van der Waals surface area contributed by atoms with Crippen LogP contribution in [-0.4, -0.2) is 7.05 Å². The van der Waals surface area contributed by atoms with Crippen molar-refractivity contribution in [3.8, 4) is 11.5 Å². The zero-order valence-electron chi connectivity index (χ0n) is 12.7. The van der Waals surface area contributed by atoms with Gasteiger partial charge in [-0.05, 0) is 49.7 Å². The fourth-order valence-corrected chi connectivity index (χ4v) is 2.45. The Morgan fingerprint density at radius 2 is 1.86 bits per heavy atom. The normalized spacial score (nSPS) is 10.6. The molecular formula is C18H22ClNO. The van der Waals surface area contributed by atoms with Crippen LogP contribution in [0.5, 0.6) is 11.5 Å². The second-order valence-corrected chi connectivity index (χ2v) is 5.50. The smallest absolute Gasteiger partial charge is 0.133 e. The highest BCUT2D eigenvalue weighted by Gasteiger charge is 2.08. The second-order valence-electron chi connectivity index (χ2n) is 5.10. The summed E-state index contributed by atoms with van der Waals surface area (Å²) in [6, 6.07) is 14.1. The van der Waals surface area contributed by atoms with Crippen LogP contribution in [-0.2, 0) is 13.0 Å². The van der Waals surface area contributed by atoms with Crippen LogP contribution in [0.25, 0.3) is 0 Å². The van der Waals surface area contributed by atoms with Gasteiger partial charge in [0.25, 0.3) is 0 Å². The summed E-state index contributed by atoms with van der Waals surface area (Å²) in [5.74, 6) is 1.65. The van der Waals surface area contributed by atoms with Crippen LogP contribution in [0.2, 0.25) is 5.02 Å². The fourth-order valence-electron chi connectivity index (χ4n) is 2.21. The molecule has 0 bridgehead atoms. The monoisotopic (exact) mass is 303 g/mol. The van der Waals surface area contributed by atoms with E-state index in [1.165, 1.54) is 18.4 Å². The maximum atomic E-state index is 6.24. The lowest BCUT2D eigenvalue weighted by Crippen LogP contribution is -2.07. The minimum absolute atomic E-state index is 0.684. The Bertz CT molecular complexity index is 566. The van der Waals surface area contributed by atoms with Gasteiger partial charge in [0.15, 0.2) is 0 Å². The number of unbranched alkanes of at least 4 members (excludes halogenated alkanes) is 1. The lowest BCUT2D eigenvalue weighted by Gasteiger charge is -2.12. The molecule has 2 nitrogen and oxygen atoms in total. The summed E-state index contributed by atoms with van der Waals surface area (Å²) in [5, 5.41) is 3.84. The molecule has 0 radical (unpaired) electrons. The summed E-state index contributed by atoms with van der Waals surface area (Å²) < 4.78 is 5.98. The van der Waals surface area contributed by atoms with E-state index in [0.717, 1.165) is 28.5 Å². The molecule has 0 aromatic heterocycles. The highest BCUT2D eigenvalue weighted by molar-refractivity contribution is 6.31. The van der Waals surface area contributed by atoms with Gasteiger partial charge in [-0.15, -0.1) is 0 Å². The van der Waals surface area contributed by atoms with Gasteiger partial charge in [0.05, 0.1) is 0 Å². The third-order valence-electron chi connectivity index (χ3n) is 3.40. The average molecular weight is 304 g/mol. The van der Waals surface area contributed by atoms with Crippen LogP contribution < -0.4 is 10.1 Å². The zero-order chi connectivity index (χ0) is 15.1. The Kier molecular flexibility index (Phi) is 6.09. The van der Waals surface area contributed by atoms with E-state index in [1.54, 1.807) is 0 Å². The van der Waals surface area contributed by atoms with Crippen molar-refractivity contribution in [2.24, 2.45) is 0 Å². The van der Waals surface area contributed by atoms with Crippen molar-refractivity contribution >= 4 is 11.6 Å². The lowest BCUT2D eigenvalue weighted by molar-refractivity contribution is 0.474. The minimum atomic E-state index is 0.684. The van der Waals surface area contributed by atoms with Crippen molar-refractivity contribution in [3.05, 3.63) is 58.6 Å². The van der Waals surface area contributed by atoms with E-state index in [0.29, 0.717) is 6.54 Å². The van der Waals surface area contributed by atoms with Crippen molar-refractivity contribution < 1.29 is 4.74 Å². The molecule has 0 aliphatic heterocycles. The number of benzene rings is 2. The Morgan fingerprint density at radius 1 is 1.10 bits per heavy atom. The Labute approximate surface area is 132 Å². The molecule has 2 rings (SSSR count). The quantitative estimate of drug-likeness (QED) is 0.759. The van der Waals surface area contributed by atoms with Gasteiger partial charge in [0.2, 0.25) is 0 Å². The number of rotatable bonds is 7. The van der Waals surface area contributed by atoms with E-state index in [1.807, 2.05) is 37.4 Å². The molecule has 21 heavy (non-hydrogen) atoms. The molecule has 0 atom stereocenters. The third kappa shape index (κ3) is 4.48. The molecule has 1 N–H and O–H groups in total. The first-order valence-electron chi connectivity index (χ1n) is 7.43. The Balaban J connectivity index is 2.12. The maximum absolute atomic E-state index is 6.24. The van der Waals surface area contributed by atoms with E-state index < -0.39 is 0 Å². The SMILES string of the molecule is CCCCc1ccc(Oc2cccc(Cl)c2CNC)cc1. The van der Waals surface area contributed by atoms with Gasteiger partial charge in [-0.1, -0.05) is 43.1 Å². The van der Waals surface area contributed by atoms with Crippen LogP contribution in [0.3, 0.4) is 0 Å². The number of ether oxygens (including phenoxy) is 1. The van der Waals surface area contributed by atoms with E-state index in [2.05, 4.69) is 24.4 Å². The predicted octanol–water partition coefficient (Wildman–Crippen LogP) is 5.19. The topological polar surface area (TPSA) is 21.3 Å². The van der Waals surface area contributed by atoms with Crippen LogP contribution in [0, 0.1) is 0 Å². The van der Waals surface area contributed by atoms with Gasteiger partial charge in [-0.3, -0.25) is 0 Å². The summed E-state index contributed by atoms with van der Waals surface area (Å²) in [6.07, 6.45) is 3.56. The zero-order valence-corrected chi connectivity index (χ0v) is 13.4.